The van der Waals surface area contributed by atoms with Gasteiger partial charge in [-0.15, -0.1) is 12.4 Å². The Morgan fingerprint density at radius 2 is 1.86 bits per heavy atom. The van der Waals surface area contributed by atoms with Gasteiger partial charge in [-0.3, -0.25) is 4.79 Å². The van der Waals surface area contributed by atoms with Crippen LogP contribution in [0.15, 0.2) is 30.3 Å². The van der Waals surface area contributed by atoms with Crippen LogP contribution in [0.5, 0.6) is 0 Å². The van der Waals surface area contributed by atoms with E-state index in [1.807, 2.05) is 30.3 Å². The molecule has 0 fully saturated rings. The van der Waals surface area contributed by atoms with E-state index < -0.39 is 21.5 Å². The fraction of sp³-hybridized carbons (Fsp3) is 0.533. The van der Waals surface area contributed by atoms with Gasteiger partial charge in [0.1, 0.15) is 5.75 Å². The Balaban J connectivity index is 0.00000441. The summed E-state index contributed by atoms with van der Waals surface area (Å²) in [5.74, 6) is -0.811. The number of sulfone groups is 1. The van der Waals surface area contributed by atoms with E-state index in [-0.39, 0.29) is 24.2 Å². The fourth-order valence-corrected chi connectivity index (χ4v) is 3.22. The van der Waals surface area contributed by atoms with E-state index >= 15 is 0 Å². The lowest BCUT2D eigenvalue weighted by Crippen LogP contribution is -2.42. The lowest BCUT2D eigenvalue weighted by atomic mass is 10.1. The Morgan fingerprint density at radius 3 is 2.41 bits per heavy atom. The van der Waals surface area contributed by atoms with Gasteiger partial charge in [0.15, 0.2) is 9.84 Å². The van der Waals surface area contributed by atoms with Crippen LogP contribution in [0.4, 0.5) is 0 Å². The number of nitrogens with zero attached hydrogens (tertiary/aromatic N) is 1. The average molecular weight is 349 g/mol. The van der Waals surface area contributed by atoms with E-state index in [4.69, 9.17) is 5.73 Å². The highest BCUT2D eigenvalue weighted by molar-refractivity contribution is 7.92. The maximum Gasteiger partial charge on any atom is 0.237 e. The van der Waals surface area contributed by atoms with Crippen LogP contribution in [-0.4, -0.2) is 50.4 Å². The second-order valence-corrected chi connectivity index (χ2v) is 7.45. The number of amides is 1. The zero-order chi connectivity index (χ0) is 15.9. The Morgan fingerprint density at radius 1 is 1.27 bits per heavy atom. The maximum atomic E-state index is 12.0. The molecule has 0 radical (unpaired) electrons. The predicted octanol–water partition coefficient (Wildman–Crippen LogP) is 1.26. The molecular weight excluding hydrogens is 324 g/mol. The summed E-state index contributed by atoms with van der Waals surface area (Å²) < 4.78 is 23.9. The largest absolute Gasteiger partial charge is 0.341 e. The fourth-order valence-electron chi connectivity index (χ4n) is 1.91. The summed E-state index contributed by atoms with van der Waals surface area (Å²) in [6, 6.07) is 9.56. The van der Waals surface area contributed by atoms with Gasteiger partial charge < -0.3 is 10.6 Å². The number of rotatable bonds is 8. The first-order valence-corrected chi connectivity index (χ1v) is 8.88. The molecule has 0 saturated heterocycles. The Kier molecular flexibility index (Phi) is 9.32. The van der Waals surface area contributed by atoms with Crippen molar-refractivity contribution in [2.75, 3.05) is 25.1 Å². The van der Waals surface area contributed by atoms with Crippen LogP contribution in [0, 0.1) is 0 Å². The zero-order valence-corrected chi connectivity index (χ0v) is 14.7. The van der Waals surface area contributed by atoms with Gasteiger partial charge in [0.25, 0.3) is 0 Å². The first-order chi connectivity index (χ1) is 9.85. The first-order valence-electron chi connectivity index (χ1n) is 7.06. The minimum atomic E-state index is -3.37. The Bertz CT molecular complexity index is 549. The average Bonchev–Trinajstić information content (AvgIpc) is 2.46. The Hall–Kier alpha value is -1.11. The molecule has 0 heterocycles. The number of hydrogen-bond acceptors (Lipinski definition) is 4. The standard InChI is InChI=1S/C15H24N2O3S.ClH/c1-13(11-16)17(2)15(18)12-21(19,20)10-6-9-14-7-4-3-5-8-14;/h3-5,7-8,13H,6,9-12,16H2,1-2H3;1H. The van der Waals surface area contributed by atoms with Gasteiger partial charge in [-0.2, -0.15) is 0 Å². The number of benzene rings is 1. The third kappa shape index (κ3) is 7.24. The SMILES string of the molecule is CC(CN)N(C)C(=O)CS(=O)(=O)CCCc1ccccc1.Cl. The molecule has 2 N–H and O–H groups in total. The molecule has 1 atom stereocenters. The van der Waals surface area contributed by atoms with Crippen LogP contribution in [0.2, 0.25) is 0 Å². The lowest BCUT2D eigenvalue weighted by Gasteiger charge is -2.23. The molecule has 1 amide bonds. The van der Waals surface area contributed by atoms with Crippen molar-refractivity contribution < 1.29 is 13.2 Å². The van der Waals surface area contributed by atoms with Gasteiger partial charge >= 0.3 is 0 Å². The summed E-state index contributed by atoms with van der Waals surface area (Å²) in [7, 11) is -1.79. The molecule has 1 unspecified atom stereocenters. The number of hydrogen-bond donors (Lipinski definition) is 1. The molecule has 1 aromatic rings. The topological polar surface area (TPSA) is 80.5 Å². The van der Waals surface area contributed by atoms with Crippen LogP contribution < -0.4 is 5.73 Å². The van der Waals surface area contributed by atoms with E-state index in [9.17, 15) is 13.2 Å². The second-order valence-electron chi connectivity index (χ2n) is 5.27. The molecule has 0 spiro atoms. The minimum Gasteiger partial charge on any atom is -0.341 e. The van der Waals surface area contributed by atoms with E-state index in [0.717, 1.165) is 5.56 Å². The van der Waals surface area contributed by atoms with Gasteiger partial charge in [0, 0.05) is 19.6 Å². The summed E-state index contributed by atoms with van der Waals surface area (Å²) in [5, 5.41) is 0. The molecular formula is C15H25ClN2O3S. The molecule has 0 aliphatic rings. The van der Waals surface area contributed by atoms with Gasteiger partial charge in [-0.25, -0.2) is 8.42 Å². The second kappa shape index (κ2) is 9.82. The molecule has 1 rings (SSSR count). The van der Waals surface area contributed by atoms with Gasteiger partial charge in [-0.05, 0) is 25.3 Å². The normalized spacial score (nSPS) is 12.3. The third-order valence-corrected chi connectivity index (χ3v) is 5.10. The molecule has 126 valence electrons. The van der Waals surface area contributed by atoms with Crippen molar-refractivity contribution in [1.82, 2.24) is 4.90 Å². The molecule has 0 bridgehead atoms. The van der Waals surface area contributed by atoms with Crippen molar-refractivity contribution >= 4 is 28.2 Å². The zero-order valence-electron chi connectivity index (χ0n) is 13.1. The molecule has 0 saturated carbocycles. The number of halogens is 1. The van der Waals surface area contributed by atoms with Crippen molar-refractivity contribution in [3.8, 4) is 0 Å². The number of aryl methyl sites for hydroxylation is 1. The summed E-state index contributed by atoms with van der Waals surface area (Å²) in [5.41, 5.74) is 6.58. The van der Waals surface area contributed by atoms with E-state index in [1.165, 1.54) is 4.90 Å². The van der Waals surface area contributed by atoms with E-state index in [0.29, 0.717) is 19.4 Å². The Labute approximate surface area is 139 Å². The molecule has 0 aliphatic heterocycles. The highest BCUT2D eigenvalue weighted by Gasteiger charge is 2.21. The van der Waals surface area contributed by atoms with Crippen molar-refractivity contribution in [3.05, 3.63) is 35.9 Å². The quantitative estimate of drug-likeness (QED) is 0.767. The van der Waals surface area contributed by atoms with Crippen molar-refractivity contribution in [3.63, 3.8) is 0 Å². The molecule has 1 aromatic carbocycles. The smallest absolute Gasteiger partial charge is 0.237 e. The minimum absolute atomic E-state index is 0. The summed E-state index contributed by atoms with van der Waals surface area (Å²) in [6.07, 6.45) is 1.22. The van der Waals surface area contributed by atoms with Crippen LogP contribution in [0.3, 0.4) is 0 Å². The highest BCUT2D eigenvalue weighted by atomic mass is 35.5. The summed E-state index contributed by atoms with van der Waals surface area (Å²) >= 11 is 0. The van der Waals surface area contributed by atoms with Crippen LogP contribution >= 0.6 is 12.4 Å². The number of carbonyl (C=O) groups excluding carboxylic acids is 1. The van der Waals surface area contributed by atoms with E-state index in [2.05, 4.69) is 0 Å². The van der Waals surface area contributed by atoms with Gasteiger partial charge in [0.2, 0.25) is 5.91 Å². The van der Waals surface area contributed by atoms with Crippen LogP contribution in [-0.2, 0) is 21.1 Å². The molecule has 7 heteroatoms. The monoisotopic (exact) mass is 348 g/mol. The summed E-state index contributed by atoms with van der Waals surface area (Å²) in [4.78, 5) is 13.3. The van der Waals surface area contributed by atoms with E-state index in [1.54, 1.807) is 14.0 Å². The third-order valence-electron chi connectivity index (χ3n) is 3.50. The van der Waals surface area contributed by atoms with Gasteiger partial charge in [-0.1, -0.05) is 30.3 Å². The number of likely N-dealkylation sites (N-methyl/N-ethyl adjacent to an activating group) is 1. The number of nitrogens with two attached hydrogens (primary N) is 1. The van der Waals surface area contributed by atoms with Crippen LogP contribution in [0.1, 0.15) is 18.9 Å². The van der Waals surface area contributed by atoms with Crippen molar-refractivity contribution in [2.45, 2.75) is 25.8 Å². The maximum absolute atomic E-state index is 12.0. The van der Waals surface area contributed by atoms with Crippen molar-refractivity contribution in [1.29, 1.82) is 0 Å². The summed E-state index contributed by atoms with van der Waals surface area (Å²) in [6.45, 7) is 2.11. The number of carbonyl (C=O) groups is 1. The van der Waals surface area contributed by atoms with Gasteiger partial charge in [0.05, 0.1) is 5.75 Å². The van der Waals surface area contributed by atoms with Crippen LogP contribution in [0.25, 0.3) is 0 Å². The molecule has 0 aliphatic carbocycles. The first kappa shape index (κ1) is 20.9. The highest BCUT2D eigenvalue weighted by Crippen LogP contribution is 2.06. The molecule has 0 aromatic heterocycles. The molecule has 5 nitrogen and oxygen atoms in total. The predicted molar refractivity (Wildman–Crippen MR) is 92.0 cm³/mol. The lowest BCUT2D eigenvalue weighted by molar-refractivity contribution is -0.128. The molecule has 22 heavy (non-hydrogen) atoms. The van der Waals surface area contributed by atoms with Crippen molar-refractivity contribution in [2.24, 2.45) is 5.73 Å².